The molecule has 0 N–H and O–H groups in total. The normalized spacial score (nSPS) is 10.3. The molecule has 2 rings (SSSR count). The van der Waals surface area contributed by atoms with Gasteiger partial charge in [0.2, 0.25) is 0 Å². The van der Waals surface area contributed by atoms with Gasteiger partial charge < -0.3 is 14.1 Å². The lowest BCUT2D eigenvalue weighted by Crippen LogP contribution is -2.25. The van der Waals surface area contributed by atoms with Gasteiger partial charge in [0.05, 0.1) is 7.11 Å². The summed E-state index contributed by atoms with van der Waals surface area (Å²) in [6.45, 7) is 0.467. The van der Waals surface area contributed by atoms with Crippen LogP contribution in [-0.2, 0) is 6.54 Å². The zero-order chi connectivity index (χ0) is 13.8. The lowest BCUT2D eigenvalue weighted by atomic mass is 10.2. The zero-order valence-electron chi connectivity index (χ0n) is 10.7. The van der Waals surface area contributed by atoms with E-state index in [1.165, 1.54) is 0 Å². The van der Waals surface area contributed by atoms with Crippen LogP contribution in [0.1, 0.15) is 16.1 Å². The summed E-state index contributed by atoms with van der Waals surface area (Å²) in [5.74, 6) is 0.782. The quantitative estimate of drug-likeness (QED) is 0.863. The Morgan fingerprint density at radius 1 is 1.37 bits per heavy atom. The highest BCUT2D eigenvalue weighted by Crippen LogP contribution is 2.17. The van der Waals surface area contributed by atoms with Crippen LogP contribution in [0, 0.1) is 0 Å². The summed E-state index contributed by atoms with van der Waals surface area (Å²) in [4.78, 5) is 13.6. The average Bonchev–Trinajstić information content (AvgIpc) is 2.84. The van der Waals surface area contributed by atoms with Crippen molar-refractivity contribution in [3.63, 3.8) is 0 Å². The Balaban J connectivity index is 2.07. The number of furan rings is 1. The summed E-state index contributed by atoms with van der Waals surface area (Å²) in [6, 6.07) is 10.7. The van der Waals surface area contributed by atoms with Crippen LogP contribution in [0.3, 0.4) is 0 Å². The van der Waals surface area contributed by atoms with Crippen molar-refractivity contribution in [3.8, 4) is 5.75 Å². The van der Waals surface area contributed by atoms with Gasteiger partial charge in [-0.3, -0.25) is 4.79 Å². The van der Waals surface area contributed by atoms with E-state index >= 15 is 0 Å². The minimum Gasteiger partial charge on any atom is -0.497 e. The van der Waals surface area contributed by atoms with E-state index in [-0.39, 0.29) is 16.9 Å². The van der Waals surface area contributed by atoms with E-state index in [0.717, 1.165) is 11.3 Å². The highest BCUT2D eigenvalue weighted by molar-refractivity contribution is 6.29. The number of halogens is 1. The van der Waals surface area contributed by atoms with Crippen LogP contribution in [0.4, 0.5) is 0 Å². The molecular formula is C14H14ClNO3. The van der Waals surface area contributed by atoms with Crippen molar-refractivity contribution >= 4 is 17.5 Å². The molecule has 0 radical (unpaired) electrons. The van der Waals surface area contributed by atoms with Crippen molar-refractivity contribution in [1.29, 1.82) is 0 Å². The van der Waals surface area contributed by atoms with Crippen LogP contribution >= 0.6 is 11.6 Å². The number of nitrogens with zero attached hydrogens (tertiary/aromatic N) is 1. The molecule has 1 heterocycles. The number of ether oxygens (including phenoxy) is 1. The van der Waals surface area contributed by atoms with Crippen LogP contribution in [-0.4, -0.2) is 25.0 Å². The first kappa shape index (κ1) is 13.5. The SMILES string of the molecule is COc1cccc(CN(C)C(=O)c2ccc(Cl)o2)c1. The van der Waals surface area contributed by atoms with Crippen molar-refractivity contribution < 1.29 is 13.9 Å². The third-order valence-corrected chi connectivity index (χ3v) is 2.89. The number of amides is 1. The van der Waals surface area contributed by atoms with Crippen molar-refractivity contribution in [3.05, 3.63) is 52.9 Å². The van der Waals surface area contributed by atoms with Gasteiger partial charge in [-0.15, -0.1) is 0 Å². The Morgan fingerprint density at radius 3 is 2.79 bits per heavy atom. The molecule has 0 bridgehead atoms. The van der Waals surface area contributed by atoms with E-state index in [0.29, 0.717) is 6.54 Å². The summed E-state index contributed by atoms with van der Waals surface area (Å²) in [5.41, 5.74) is 0.979. The minimum absolute atomic E-state index is 0.207. The number of hydrogen-bond acceptors (Lipinski definition) is 3. The molecule has 19 heavy (non-hydrogen) atoms. The molecule has 0 aliphatic heterocycles. The topological polar surface area (TPSA) is 42.7 Å². The Bertz CT molecular complexity index is 580. The Morgan fingerprint density at radius 2 is 2.16 bits per heavy atom. The van der Waals surface area contributed by atoms with E-state index in [1.807, 2.05) is 24.3 Å². The number of carbonyl (C=O) groups excluding carboxylic acids is 1. The van der Waals surface area contributed by atoms with Crippen LogP contribution in [0.25, 0.3) is 0 Å². The molecule has 2 aromatic rings. The predicted molar refractivity (Wildman–Crippen MR) is 72.5 cm³/mol. The van der Waals surface area contributed by atoms with Gasteiger partial charge >= 0.3 is 0 Å². The highest BCUT2D eigenvalue weighted by Gasteiger charge is 2.16. The van der Waals surface area contributed by atoms with Gasteiger partial charge in [0.15, 0.2) is 11.0 Å². The molecule has 0 saturated heterocycles. The van der Waals surface area contributed by atoms with Gasteiger partial charge in [-0.2, -0.15) is 0 Å². The molecule has 0 fully saturated rings. The highest BCUT2D eigenvalue weighted by atomic mass is 35.5. The van der Waals surface area contributed by atoms with E-state index < -0.39 is 0 Å². The van der Waals surface area contributed by atoms with E-state index in [2.05, 4.69) is 0 Å². The zero-order valence-corrected chi connectivity index (χ0v) is 11.5. The summed E-state index contributed by atoms with van der Waals surface area (Å²) in [5, 5.41) is 0.207. The Labute approximate surface area is 116 Å². The Hall–Kier alpha value is -1.94. The lowest BCUT2D eigenvalue weighted by molar-refractivity contribution is 0.0753. The molecule has 0 saturated carbocycles. The van der Waals surface area contributed by atoms with Crippen molar-refractivity contribution in [2.75, 3.05) is 14.2 Å². The molecule has 0 atom stereocenters. The molecule has 0 aliphatic carbocycles. The van der Waals surface area contributed by atoms with E-state index in [4.69, 9.17) is 20.8 Å². The van der Waals surface area contributed by atoms with Gasteiger partial charge in [-0.1, -0.05) is 12.1 Å². The second-order valence-electron chi connectivity index (χ2n) is 4.12. The number of carbonyl (C=O) groups is 1. The molecule has 0 unspecified atom stereocenters. The second kappa shape index (κ2) is 5.80. The van der Waals surface area contributed by atoms with Gasteiger partial charge in [-0.25, -0.2) is 0 Å². The summed E-state index contributed by atoms with van der Waals surface area (Å²) in [7, 11) is 3.32. The fraction of sp³-hybridized carbons (Fsp3) is 0.214. The molecule has 1 amide bonds. The smallest absolute Gasteiger partial charge is 0.289 e. The molecule has 0 spiro atoms. The van der Waals surface area contributed by atoms with Gasteiger partial charge in [0.1, 0.15) is 5.75 Å². The summed E-state index contributed by atoms with van der Waals surface area (Å²) < 4.78 is 10.2. The predicted octanol–water partition coefficient (Wildman–Crippen LogP) is 3.21. The summed E-state index contributed by atoms with van der Waals surface area (Å²) in [6.07, 6.45) is 0. The Kier molecular flexibility index (Phi) is 4.12. The van der Waals surface area contributed by atoms with Crippen LogP contribution < -0.4 is 4.74 Å². The third kappa shape index (κ3) is 3.29. The maximum absolute atomic E-state index is 12.1. The van der Waals surface area contributed by atoms with Crippen LogP contribution in [0.2, 0.25) is 5.22 Å². The molecule has 0 aliphatic rings. The molecular weight excluding hydrogens is 266 g/mol. The first-order chi connectivity index (χ1) is 9.10. The van der Waals surface area contributed by atoms with Crippen LogP contribution in [0.15, 0.2) is 40.8 Å². The number of rotatable bonds is 4. The largest absolute Gasteiger partial charge is 0.497 e. The first-order valence-electron chi connectivity index (χ1n) is 5.74. The molecule has 5 heteroatoms. The van der Waals surface area contributed by atoms with Crippen molar-refractivity contribution in [1.82, 2.24) is 4.90 Å². The fourth-order valence-electron chi connectivity index (χ4n) is 1.73. The molecule has 1 aromatic heterocycles. The van der Waals surface area contributed by atoms with Gasteiger partial charge in [-0.05, 0) is 41.4 Å². The summed E-state index contributed by atoms with van der Waals surface area (Å²) >= 11 is 5.65. The average molecular weight is 280 g/mol. The monoisotopic (exact) mass is 279 g/mol. The van der Waals surface area contributed by atoms with Crippen LogP contribution in [0.5, 0.6) is 5.75 Å². The number of benzene rings is 1. The molecule has 4 nitrogen and oxygen atoms in total. The minimum atomic E-state index is -0.213. The lowest BCUT2D eigenvalue weighted by Gasteiger charge is -2.16. The van der Waals surface area contributed by atoms with E-state index in [1.54, 1.807) is 31.2 Å². The number of hydrogen-bond donors (Lipinski definition) is 0. The van der Waals surface area contributed by atoms with Gasteiger partial charge in [0, 0.05) is 13.6 Å². The first-order valence-corrected chi connectivity index (χ1v) is 6.11. The van der Waals surface area contributed by atoms with Gasteiger partial charge in [0.25, 0.3) is 5.91 Å². The fourth-order valence-corrected chi connectivity index (χ4v) is 1.88. The third-order valence-electron chi connectivity index (χ3n) is 2.68. The molecule has 1 aromatic carbocycles. The standard InChI is InChI=1S/C14H14ClNO3/c1-16(14(17)12-6-7-13(15)19-12)9-10-4-3-5-11(8-10)18-2/h3-8H,9H2,1-2H3. The van der Waals surface area contributed by atoms with Crippen molar-refractivity contribution in [2.45, 2.75) is 6.54 Å². The molecule has 100 valence electrons. The maximum Gasteiger partial charge on any atom is 0.289 e. The van der Waals surface area contributed by atoms with E-state index in [9.17, 15) is 4.79 Å². The maximum atomic E-state index is 12.1. The van der Waals surface area contributed by atoms with Crippen molar-refractivity contribution in [2.24, 2.45) is 0 Å². The second-order valence-corrected chi connectivity index (χ2v) is 4.49. The number of methoxy groups -OCH3 is 1.